The van der Waals surface area contributed by atoms with Crippen molar-refractivity contribution in [1.82, 2.24) is 5.32 Å². The molecule has 0 rings (SSSR count). The monoisotopic (exact) mass is 193 g/mol. The zero-order valence-corrected chi connectivity index (χ0v) is 8.28. The van der Waals surface area contributed by atoms with E-state index < -0.39 is 10.8 Å². The molecule has 0 aliphatic rings. The Hall–Kier alpha value is -0.420. The molecule has 5 heteroatoms. The van der Waals surface area contributed by atoms with E-state index >= 15 is 0 Å². The van der Waals surface area contributed by atoms with Crippen LogP contribution in [0.25, 0.3) is 0 Å². The van der Waals surface area contributed by atoms with Gasteiger partial charge in [-0.1, -0.05) is 0 Å². The molecule has 0 aromatic rings. The normalized spacial score (nSPS) is 12.5. The van der Waals surface area contributed by atoms with Crippen LogP contribution in [-0.2, 0) is 20.3 Å². The van der Waals surface area contributed by atoms with Gasteiger partial charge in [0.15, 0.2) is 0 Å². The van der Waals surface area contributed by atoms with Gasteiger partial charge < -0.3 is 10.1 Å². The number of hydrogen-bond donors (Lipinski definition) is 1. The molecule has 1 N–H and O–H groups in total. The topological polar surface area (TPSA) is 55.4 Å². The summed E-state index contributed by atoms with van der Waals surface area (Å²) in [5.74, 6) is 0.404. The molecular weight excluding hydrogens is 178 g/mol. The van der Waals surface area contributed by atoms with E-state index in [1.807, 2.05) is 0 Å². The molecule has 0 heterocycles. The van der Waals surface area contributed by atoms with Gasteiger partial charge in [-0.15, -0.1) is 0 Å². The fraction of sp³-hybridized carbons (Fsp3) is 0.857. The number of ether oxygens (including phenoxy) is 1. The quantitative estimate of drug-likeness (QED) is 0.457. The van der Waals surface area contributed by atoms with Crippen LogP contribution >= 0.6 is 0 Å². The van der Waals surface area contributed by atoms with Crippen molar-refractivity contribution < 1.29 is 13.7 Å². The summed E-state index contributed by atoms with van der Waals surface area (Å²) in [6.07, 6.45) is 2.49. The second-order valence-electron chi connectivity index (χ2n) is 2.38. The molecule has 0 spiro atoms. The minimum atomic E-state index is -0.738. The highest BCUT2D eigenvalue weighted by Gasteiger charge is 1.97. The second-order valence-corrected chi connectivity index (χ2v) is 3.94. The van der Waals surface area contributed by atoms with Gasteiger partial charge in [-0.3, -0.25) is 9.00 Å². The molecule has 0 amide bonds. The Bertz CT molecular complexity index is 161. The molecule has 1 atom stereocenters. The van der Waals surface area contributed by atoms with Crippen LogP contribution in [0.4, 0.5) is 0 Å². The van der Waals surface area contributed by atoms with Crippen LogP contribution in [0, 0.1) is 0 Å². The van der Waals surface area contributed by atoms with Gasteiger partial charge >= 0.3 is 5.97 Å². The Balaban J connectivity index is 3.11. The van der Waals surface area contributed by atoms with Crippen molar-refractivity contribution in [2.45, 2.75) is 6.42 Å². The van der Waals surface area contributed by atoms with E-state index in [0.717, 1.165) is 6.42 Å². The third kappa shape index (κ3) is 7.68. The molecule has 4 nitrogen and oxygen atoms in total. The van der Waals surface area contributed by atoms with Gasteiger partial charge in [0.25, 0.3) is 0 Å². The number of carbonyl (C=O) groups excluding carboxylic acids is 1. The first-order valence-corrected chi connectivity index (χ1v) is 5.47. The Morgan fingerprint density at radius 2 is 2.25 bits per heavy atom. The minimum absolute atomic E-state index is 0.229. The molecule has 0 saturated carbocycles. The molecule has 0 saturated heterocycles. The largest absolute Gasteiger partial charge is 0.468 e. The lowest BCUT2D eigenvalue weighted by Gasteiger charge is -2.01. The average molecular weight is 193 g/mol. The van der Waals surface area contributed by atoms with E-state index in [4.69, 9.17) is 0 Å². The zero-order chi connectivity index (χ0) is 9.40. The average Bonchev–Trinajstić information content (AvgIpc) is 2.03. The molecule has 0 fully saturated rings. The van der Waals surface area contributed by atoms with Crippen molar-refractivity contribution in [3.63, 3.8) is 0 Å². The summed E-state index contributed by atoms with van der Waals surface area (Å²) in [6.45, 7) is 0.932. The van der Waals surface area contributed by atoms with Gasteiger partial charge in [-0.05, 0) is 13.0 Å². The maximum atomic E-state index is 10.6. The third-order valence-corrected chi connectivity index (χ3v) is 2.15. The first-order valence-electron chi connectivity index (χ1n) is 3.74. The number of hydrogen-bond acceptors (Lipinski definition) is 4. The van der Waals surface area contributed by atoms with Crippen LogP contribution in [0.1, 0.15) is 6.42 Å². The molecule has 0 aromatic carbocycles. The summed E-state index contributed by atoms with van der Waals surface area (Å²) in [4.78, 5) is 10.6. The highest BCUT2D eigenvalue weighted by atomic mass is 32.2. The second kappa shape index (κ2) is 7.24. The molecular formula is C7H15NO3S. The lowest BCUT2D eigenvalue weighted by atomic mass is 10.5. The molecule has 0 aliphatic carbocycles. The highest BCUT2D eigenvalue weighted by molar-refractivity contribution is 7.84. The summed E-state index contributed by atoms with van der Waals surface area (Å²) >= 11 is 0. The lowest BCUT2D eigenvalue weighted by molar-refractivity contribution is -0.139. The van der Waals surface area contributed by atoms with Crippen molar-refractivity contribution in [3.05, 3.63) is 0 Å². The van der Waals surface area contributed by atoms with Crippen LogP contribution in [0.2, 0.25) is 0 Å². The smallest absolute Gasteiger partial charge is 0.319 e. The SMILES string of the molecule is COC(=O)CNCCCS(C)=O. The predicted octanol–water partition coefficient (Wildman–Crippen LogP) is -0.482. The molecule has 0 bridgehead atoms. The van der Waals surface area contributed by atoms with Crippen molar-refractivity contribution in [3.8, 4) is 0 Å². The summed E-state index contributed by atoms with van der Waals surface area (Å²) in [5, 5.41) is 2.88. The van der Waals surface area contributed by atoms with Crippen molar-refractivity contribution in [2.24, 2.45) is 0 Å². The molecule has 0 aliphatic heterocycles. The summed E-state index contributed by atoms with van der Waals surface area (Å²) in [7, 11) is 0.615. The van der Waals surface area contributed by atoms with Crippen LogP contribution < -0.4 is 5.32 Å². The Morgan fingerprint density at radius 3 is 2.75 bits per heavy atom. The maximum Gasteiger partial charge on any atom is 0.319 e. The minimum Gasteiger partial charge on any atom is -0.468 e. The first kappa shape index (κ1) is 11.6. The van der Waals surface area contributed by atoms with Gasteiger partial charge in [0, 0.05) is 22.8 Å². The Kier molecular flexibility index (Phi) is 6.99. The van der Waals surface area contributed by atoms with Crippen LogP contribution in [0.5, 0.6) is 0 Å². The van der Waals surface area contributed by atoms with E-state index in [-0.39, 0.29) is 12.5 Å². The Labute approximate surface area is 75.1 Å². The molecule has 0 aromatic heterocycles. The number of nitrogens with one attached hydrogen (secondary N) is 1. The van der Waals surface area contributed by atoms with Gasteiger partial charge in [-0.2, -0.15) is 0 Å². The Morgan fingerprint density at radius 1 is 1.58 bits per heavy atom. The fourth-order valence-corrected chi connectivity index (χ4v) is 1.21. The molecule has 0 radical (unpaired) electrons. The van der Waals surface area contributed by atoms with Crippen LogP contribution in [0.15, 0.2) is 0 Å². The molecule has 72 valence electrons. The zero-order valence-electron chi connectivity index (χ0n) is 7.46. The van der Waals surface area contributed by atoms with E-state index in [1.54, 1.807) is 6.26 Å². The van der Waals surface area contributed by atoms with E-state index in [0.29, 0.717) is 12.3 Å². The number of rotatable bonds is 6. The van der Waals surface area contributed by atoms with Crippen molar-refractivity contribution >= 4 is 16.8 Å². The van der Waals surface area contributed by atoms with Gasteiger partial charge in [0.1, 0.15) is 0 Å². The van der Waals surface area contributed by atoms with E-state index in [1.165, 1.54) is 7.11 Å². The van der Waals surface area contributed by atoms with Crippen molar-refractivity contribution in [2.75, 3.05) is 32.2 Å². The molecule has 12 heavy (non-hydrogen) atoms. The van der Waals surface area contributed by atoms with Gasteiger partial charge in [0.05, 0.1) is 13.7 Å². The number of carbonyl (C=O) groups is 1. The lowest BCUT2D eigenvalue weighted by Crippen LogP contribution is -2.25. The summed E-state index contributed by atoms with van der Waals surface area (Å²) in [6, 6.07) is 0. The van der Waals surface area contributed by atoms with Gasteiger partial charge in [0.2, 0.25) is 0 Å². The van der Waals surface area contributed by atoms with Crippen LogP contribution in [-0.4, -0.2) is 42.4 Å². The maximum absolute atomic E-state index is 10.6. The van der Waals surface area contributed by atoms with Gasteiger partial charge in [-0.25, -0.2) is 0 Å². The number of methoxy groups -OCH3 is 1. The fourth-order valence-electron chi connectivity index (χ4n) is 0.663. The first-order chi connectivity index (χ1) is 5.66. The van der Waals surface area contributed by atoms with Crippen molar-refractivity contribution in [1.29, 1.82) is 0 Å². The third-order valence-electron chi connectivity index (χ3n) is 1.28. The van der Waals surface area contributed by atoms with E-state index in [9.17, 15) is 9.00 Å². The molecule has 1 unspecified atom stereocenters. The number of esters is 1. The van der Waals surface area contributed by atoms with E-state index in [2.05, 4.69) is 10.1 Å². The highest BCUT2D eigenvalue weighted by Crippen LogP contribution is 1.81. The predicted molar refractivity (Wildman–Crippen MR) is 48.4 cm³/mol. The standard InChI is InChI=1S/C7H15NO3S/c1-11-7(9)6-8-4-3-5-12(2)10/h8H,3-6H2,1-2H3. The summed E-state index contributed by atoms with van der Waals surface area (Å²) in [5.41, 5.74) is 0. The summed E-state index contributed by atoms with van der Waals surface area (Å²) < 4.78 is 15.0. The van der Waals surface area contributed by atoms with Crippen LogP contribution in [0.3, 0.4) is 0 Å².